The standard InChI is InChI=1S/C4H5O2.Y.2H2/c1-3(5)4(2)6;;;/h1H2,2H3;;2*1H/q-1;;;. The van der Waals surface area contributed by atoms with Crippen molar-refractivity contribution in [2.75, 3.05) is 0 Å². The number of hydrogen-bond acceptors (Lipinski definition) is 2. The summed E-state index contributed by atoms with van der Waals surface area (Å²) in [6.45, 7) is 4.04. The van der Waals surface area contributed by atoms with Gasteiger partial charge < -0.3 is 9.59 Å². The summed E-state index contributed by atoms with van der Waals surface area (Å²) in [6, 6.07) is 0. The first-order chi connectivity index (χ1) is 2.64. The average Bonchev–Trinajstić information content (AvgIpc) is 1.36. The van der Waals surface area contributed by atoms with Crippen LogP contribution in [0.2, 0.25) is 0 Å². The normalized spacial score (nSPS) is 6.43. The van der Waals surface area contributed by atoms with Gasteiger partial charge in [0.15, 0.2) is 0 Å². The molecule has 0 aliphatic rings. The molecule has 3 heteroatoms. The van der Waals surface area contributed by atoms with E-state index >= 15 is 0 Å². The minimum atomic E-state index is -0.630. The molecule has 0 fully saturated rings. The van der Waals surface area contributed by atoms with Gasteiger partial charge in [-0.2, -0.15) is 6.92 Å². The van der Waals surface area contributed by atoms with Gasteiger partial charge >= 0.3 is 0 Å². The van der Waals surface area contributed by atoms with Crippen molar-refractivity contribution in [1.82, 2.24) is 0 Å². The molecule has 0 atom stereocenters. The Morgan fingerprint density at radius 1 is 1.57 bits per heavy atom. The Kier molecular flexibility index (Phi) is 6.60. The first-order valence-electron chi connectivity index (χ1n) is 1.51. The molecule has 0 aromatic carbocycles. The van der Waals surface area contributed by atoms with E-state index in [1.165, 1.54) is 6.92 Å². The van der Waals surface area contributed by atoms with Gasteiger partial charge in [0.1, 0.15) is 0 Å². The molecule has 0 N–H and O–H groups in total. The van der Waals surface area contributed by atoms with Gasteiger partial charge in [-0.25, -0.2) is 0 Å². The molecular formula is C4H9O2Y-. The van der Waals surface area contributed by atoms with Crippen LogP contribution in [-0.2, 0) is 42.3 Å². The van der Waals surface area contributed by atoms with E-state index in [9.17, 15) is 9.59 Å². The molecule has 0 rings (SSSR count). The fourth-order valence-electron chi connectivity index (χ4n) is 0. The maximum absolute atomic E-state index is 9.73. The van der Waals surface area contributed by atoms with Crippen LogP contribution in [0.15, 0.2) is 0 Å². The van der Waals surface area contributed by atoms with Crippen molar-refractivity contribution in [1.29, 1.82) is 0 Å². The first-order valence-corrected chi connectivity index (χ1v) is 1.51. The molecule has 7 heavy (non-hydrogen) atoms. The Hall–Kier alpha value is 0.314. The maximum Gasteiger partial charge on any atom is 0.0551 e. The Bertz CT molecular complexity index is 82.6. The molecule has 0 aliphatic heterocycles. The van der Waals surface area contributed by atoms with Crippen LogP contribution < -0.4 is 0 Å². The molecule has 0 aromatic heterocycles. The van der Waals surface area contributed by atoms with Gasteiger partial charge in [-0.3, -0.25) is 0 Å². The summed E-state index contributed by atoms with van der Waals surface area (Å²) in [5.74, 6) is -1.12. The van der Waals surface area contributed by atoms with E-state index in [0.717, 1.165) is 0 Å². The number of rotatable bonds is 1. The zero-order chi connectivity index (χ0) is 5.15. The first kappa shape index (κ1) is 10.3. The number of carbonyl (C=O) groups excluding carboxylic acids is 2. The smallest absolute Gasteiger partial charge is 0.0551 e. The van der Waals surface area contributed by atoms with E-state index in [2.05, 4.69) is 6.92 Å². The average molecular weight is 178 g/mol. The zero-order valence-electron chi connectivity index (χ0n) is 4.10. The number of carbonyl (C=O) groups is 2. The fourth-order valence-corrected chi connectivity index (χ4v) is 0. The van der Waals surface area contributed by atoms with E-state index in [0.29, 0.717) is 0 Å². The van der Waals surface area contributed by atoms with Gasteiger partial charge in [0.25, 0.3) is 0 Å². The summed E-state index contributed by atoms with van der Waals surface area (Å²) < 4.78 is 0. The zero-order valence-corrected chi connectivity index (χ0v) is 6.94. The van der Waals surface area contributed by atoms with Gasteiger partial charge in [-0.15, -0.1) is 0 Å². The van der Waals surface area contributed by atoms with Crippen molar-refractivity contribution in [2.24, 2.45) is 0 Å². The molecule has 0 aliphatic carbocycles. The third-order valence-corrected chi connectivity index (χ3v) is 0.393. The Labute approximate surface area is 70.5 Å². The van der Waals surface area contributed by atoms with Crippen LogP contribution in [0.25, 0.3) is 0 Å². The van der Waals surface area contributed by atoms with Crippen LogP contribution in [0.3, 0.4) is 0 Å². The van der Waals surface area contributed by atoms with Gasteiger partial charge in [0.05, 0.1) is 5.78 Å². The van der Waals surface area contributed by atoms with E-state index in [1.54, 1.807) is 0 Å². The van der Waals surface area contributed by atoms with Crippen LogP contribution in [0, 0.1) is 6.92 Å². The summed E-state index contributed by atoms with van der Waals surface area (Å²) in [5.41, 5.74) is 0. The Morgan fingerprint density at radius 2 is 1.71 bits per heavy atom. The van der Waals surface area contributed by atoms with E-state index in [1.807, 2.05) is 0 Å². The van der Waals surface area contributed by atoms with Crippen molar-refractivity contribution < 1.29 is 45.2 Å². The van der Waals surface area contributed by atoms with Crippen molar-refractivity contribution in [2.45, 2.75) is 6.92 Å². The summed E-state index contributed by atoms with van der Waals surface area (Å²) in [4.78, 5) is 19.4. The topological polar surface area (TPSA) is 34.1 Å². The second kappa shape index (κ2) is 4.47. The van der Waals surface area contributed by atoms with Crippen molar-refractivity contribution in [3.63, 3.8) is 0 Å². The van der Waals surface area contributed by atoms with Gasteiger partial charge in [0, 0.05) is 41.3 Å². The molecule has 0 heterocycles. The molecular weight excluding hydrogens is 169 g/mol. The molecule has 0 bridgehead atoms. The number of ketones is 2. The fraction of sp³-hybridized carbons (Fsp3) is 0.250. The third kappa shape index (κ3) is 6.31. The second-order valence-electron chi connectivity index (χ2n) is 0.979. The predicted octanol–water partition coefficient (Wildman–Crippen LogP) is 0.468. The molecule has 0 aromatic rings. The molecule has 0 unspecified atom stereocenters. The van der Waals surface area contributed by atoms with E-state index < -0.39 is 11.6 Å². The molecule has 0 saturated heterocycles. The van der Waals surface area contributed by atoms with Gasteiger partial charge in [-0.1, -0.05) is 6.92 Å². The maximum atomic E-state index is 9.73. The summed E-state index contributed by atoms with van der Waals surface area (Å²) in [7, 11) is 0. The van der Waals surface area contributed by atoms with Crippen LogP contribution in [-0.4, -0.2) is 11.6 Å². The molecule has 41 valence electrons. The molecule has 1 radical (unpaired) electrons. The summed E-state index contributed by atoms with van der Waals surface area (Å²) in [5, 5.41) is 0. The minimum Gasteiger partial charge on any atom is -0.403 e. The van der Waals surface area contributed by atoms with Crippen LogP contribution in [0.1, 0.15) is 9.78 Å². The predicted molar refractivity (Wildman–Crippen MR) is 25.3 cm³/mol. The van der Waals surface area contributed by atoms with Crippen molar-refractivity contribution >= 4 is 11.6 Å². The quantitative estimate of drug-likeness (QED) is 0.432. The van der Waals surface area contributed by atoms with Crippen LogP contribution in [0.4, 0.5) is 0 Å². The monoisotopic (exact) mass is 178 g/mol. The summed E-state index contributed by atoms with van der Waals surface area (Å²) >= 11 is 0. The molecule has 0 saturated carbocycles. The van der Waals surface area contributed by atoms with Crippen molar-refractivity contribution in [3.8, 4) is 0 Å². The minimum absolute atomic E-state index is 0. The van der Waals surface area contributed by atoms with E-state index in [4.69, 9.17) is 0 Å². The number of Topliss-reactive ketones (excluding diaryl/α,β-unsaturated/α-hetero) is 2. The second-order valence-corrected chi connectivity index (χ2v) is 0.979. The SMILES string of the molecule is [CH2-]C(=O)C(C)=O.[HH].[HH].[Y]. The number of hydrogen-bond donors (Lipinski definition) is 0. The third-order valence-electron chi connectivity index (χ3n) is 0.393. The molecule has 2 nitrogen and oxygen atoms in total. The van der Waals surface area contributed by atoms with Gasteiger partial charge in [-0.05, 0) is 0 Å². The van der Waals surface area contributed by atoms with Crippen LogP contribution in [0.5, 0.6) is 0 Å². The van der Waals surface area contributed by atoms with E-state index in [-0.39, 0.29) is 35.6 Å². The summed E-state index contributed by atoms with van der Waals surface area (Å²) in [6.07, 6.45) is 0. The van der Waals surface area contributed by atoms with Crippen LogP contribution >= 0.6 is 0 Å². The largest absolute Gasteiger partial charge is 0.403 e. The molecule has 0 spiro atoms. The van der Waals surface area contributed by atoms with Crippen molar-refractivity contribution in [3.05, 3.63) is 6.92 Å². The Morgan fingerprint density at radius 3 is 1.71 bits per heavy atom. The van der Waals surface area contributed by atoms with Gasteiger partial charge in [0.2, 0.25) is 0 Å². The molecule has 0 amide bonds. The Balaban J connectivity index is -0.0000000417.